The van der Waals surface area contributed by atoms with E-state index in [1.807, 2.05) is 18.2 Å². The van der Waals surface area contributed by atoms with Crippen LogP contribution in [-0.2, 0) is 6.42 Å². The fourth-order valence-corrected chi connectivity index (χ4v) is 2.94. The molecule has 1 aromatic carbocycles. The molecule has 1 heterocycles. The van der Waals surface area contributed by atoms with E-state index >= 15 is 0 Å². The largest absolute Gasteiger partial charge is 0.507 e. The molecule has 0 amide bonds. The average molecular weight is 236 g/mol. The Kier molecular flexibility index (Phi) is 3.69. The third kappa shape index (κ3) is 3.01. The first-order chi connectivity index (χ1) is 7.36. The second-order valence-electron chi connectivity index (χ2n) is 3.20. The number of aryl methyl sites for hydroxylation is 1. The summed E-state index contributed by atoms with van der Waals surface area (Å²) in [6.45, 7) is 0. The lowest BCUT2D eigenvalue weighted by molar-refractivity contribution is 0.462. The highest BCUT2D eigenvalue weighted by Gasteiger charge is 2.00. The van der Waals surface area contributed by atoms with Gasteiger partial charge in [0.15, 0.2) is 0 Å². The van der Waals surface area contributed by atoms with Crippen LogP contribution in [0.3, 0.4) is 0 Å². The summed E-state index contributed by atoms with van der Waals surface area (Å²) in [5.74, 6) is 1.39. The Morgan fingerprint density at radius 3 is 2.80 bits per heavy atom. The van der Waals surface area contributed by atoms with E-state index in [1.165, 1.54) is 5.56 Å². The van der Waals surface area contributed by atoms with Gasteiger partial charge in [0.05, 0.1) is 0 Å². The topological polar surface area (TPSA) is 20.2 Å². The van der Waals surface area contributed by atoms with E-state index in [-0.39, 0.29) is 0 Å². The minimum Gasteiger partial charge on any atom is -0.507 e. The van der Waals surface area contributed by atoms with E-state index in [2.05, 4.69) is 16.8 Å². The van der Waals surface area contributed by atoms with Gasteiger partial charge in [0.2, 0.25) is 0 Å². The molecule has 0 aliphatic heterocycles. The van der Waals surface area contributed by atoms with Crippen LogP contribution < -0.4 is 0 Å². The van der Waals surface area contributed by atoms with Gasteiger partial charge in [0.1, 0.15) is 5.75 Å². The van der Waals surface area contributed by atoms with Crippen molar-refractivity contribution in [1.29, 1.82) is 0 Å². The van der Waals surface area contributed by atoms with E-state index in [4.69, 9.17) is 0 Å². The van der Waals surface area contributed by atoms with Gasteiger partial charge in [-0.2, -0.15) is 11.3 Å². The van der Waals surface area contributed by atoms with E-state index in [1.54, 1.807) is 29.2 Å². The van der Waals surface area contributed by atoms with Crippen LogP contribution in [0.25, 0.3) is 0 Å². The van der Waals surface area contributed by atoms with Gasteiger partial charge in [-0.25, -0.2) is 0 Å². The van der Waals surface area contributed by atoms with Gasteiger partial charge in [-0.1, -0.05) is 12.1 Å². The maximum absolute atomic E-state index is 9.55. The highest BCUT2D eigenvalue weighted by Crippen LogP contribution is 2.28. The number of benzene rings is 1. The van der Waals surface area contributed by atoms with Crippen molar-refractivity contribution < 1.29 is 5.11 Å². The van der Waals surface area contributed by atoms with Crippen LogP contribution in [0.1, 0.15) is 5.56 Å². The standard InChI is InChI=1S/C12H12OS2/c13-11-3-1-2-4-12(11)15-8-6-10-5-7-14-9-10/h1-5,7,9,13H,6,8H2. The summed E-state index contributed by atoms with van der Waals surface area (Å²) in [5.41, 5.74) is 1.38. The minimum atomic E-state index is 0.382. The van der Waals surface area contributed by atoms with Gasteiger partial charge < -0.3 is 5.11 Å². The predicted octanol–water partition coefficient (Wildman–Crippen LogP) is 3.79. The summed E-state index contributed by atoms with van der Waals surface area (Å²) in [6.07, 6.45) is 1.06. The number of rotatable bonds is 4. The van der Waals surface area contributed by atoms with Gasteiger partial charge in [-0.15, -0.1) is 11.8 Å². The van der Waals surface area contributed by atoms with E-state index in [0.29, 0.717) is 5.75 Å². The lowest BCUT2D eigenvalue weighted by atomic mass is 10.3. The summed E-state index contributed by atoms with van der Waals surface area (Å²) in [7, 11) is 0. The molecule has 0 saturated heterocycles. The van der Waals surface area contributed by atoms with Crippen LogP contribution in [0.2, 0.25) is 0 Å². The monoisotopic (exact) mass is 236 g/mol. The van der Waals surface area contributed by atoms with Crippen molar-refractivity contribution in [2.24, 2.45) is 0 Å². The fourth-order valence-electron chi connectivity index (χ4n) is 1.29. The number of thiophene rings is 1. The second-order valence-corrected chi connectivity index (χ2v) is 5.11. The summed E-state index contributed by atoms with van der Waals surface area (Å²) in [6, 6.07) is 9.63. The summed E-state index contributed by atoms with van der Waals surface area (Å²) in [4.78, 5) is 0.965. The molecule has 2 aromatic rings. The number of phenolic OH excluding ortho intramolecular Hbond substituents is 1. The Labute approximate surface area is 97.8 Å². The van der Waals surface area contributed by atoms with Gasteiger partial charge >= 0.3 is 0 Å². The Hall–Kier alpha value is -0.930. The highest BCUT2D eigenvalue weighted by molar-refractivity contribution is 7.99. The van der Waals surface area contributed by atoms with Crippen molar-refractivity contribution in [3.63, 3.8) is 0 Å². The zero-order chi connectivity index (χ0) is 10.5. The van der Waals surface area contributed by atoms with E-state index in [9.17, 15) is 5.11 Å². The second kappa shape index (κ2) is 5.24. The molecule has 0 unspecified atom stereocenters. The molecule has 0 radical (unpaired) electrons. The number of hydrogen-bond acceptors (Lipinski definition) is 3. The first-order valence-electron chi connectivity index (χ1n) is 4.78. The SMILES string of the molecule is Oc1ccccc1SCCc1ccsc1. The lowest BCUT2D eigenvalue weighted by Crippen LogP contribution is -1.85. The molecular formula is C12H12OS2. The van der Waals surface area contributed by atoms with Gasteiger partial charge in [-0.05, 0) is 40.9 Å². The first-order valence-corrected chi connectivity index (χ1v) is 6.71. The smallest absolute Gasteiger partial charge is 0.129 e. The highest BCUT2D eigenvalue weighted by atomic mass is 32.2. The molecule has 3 heteroatoms. The lowest BCUT2D eigenvalue weighted by Gasteiger charge is -2.02. The predicted molar refractivity (Wildman–Crippen MR) is 66.9 cm³/mol. The average Bonchev–Trinajstić information content (AvgIpc) is 2.74. The molecule has 0 spiro atoms. The molecule has 78 valence electrons. The normalized spacial score (nSPS) is 10.4. The van der Waals surface area contributed by atoms with Gasteiger partial charge in [0.25, 0.3) is 0 Å². The summed E-state index contributed by atoms with van der Waals surface area (Å²) in [5, 5.41) is 13.8. The Morgan fingerprint density at radius 1 is 1.20 bits per heavy atom. The molecule has 0 aliphatic rings. The molecule has 0 fully saturated rings. The maximum atomic E-state index is 9.55. The number of hydrogen-bond donors (Lipinski definition) is 1. The molecule has 1 nitrogen and oxygen atoms in total. The van der Waals surface area contributed by atoms with Crippen LogP contribution >= 0.6 is 23.1 Å². The van der Waals surface area contributed by atoms with Crippen molar-refractivity contribution in [3.05, 3.63) is 46.7 Å². The van der Waals surface area contributed by atoms with Crippen molar-refractivity contribution in [2.45, 2.75) is 11.3 Å². The molecular weight excluding hydrogens is 224 g/mol. The van der Waals surface area contributed by atoms with Crippen molar-refractivity contribution in [2.75, 3.05) is 5.75 Å². The quantitative estimate of drug-likeness (QED) is 0.815. The van der Waals surface area contributed by atoms with Crippen LogP contribution in [0.5, 0.6) is 5.75 Å². The molecule has 2 rings (SSSR count). The molecule has 1 aromatic heterocycles. The number of thioether (sulfide) groups is 1. The molecule has 0 saturated carbocycles. The van der Waals surface area contributed by atoms with E-state index in [0.717, 1.165) is 17.1 Å². The van der Waals surface area contributed by atoms with Crippen molar-refractivity contribution in [3.8, 4) is 5.75 Å². The Balaban J connectivity index is 1.86. The molecule has 1 N–H and O–H groups in total. The Bertz CT molecular complexity index is 409. The van der Waals surface area contributed by atoms with Crippen LogP contribution in [-0.4, -0.2) is 10.9 Å². The molecule has 0 atom stereocenters. The van der Waals surface area contributed by atoms with Gasteiger partial charge in [0, 0.05) is 10.6 Å². The third-order valence-electron chi connectivity index (χ3n) is 2.09. The first kappa shape index (κ1) is 10.6. The number of phenols is 1. The van der Waals surface area contributed by atoms with Crippen molar-refractivity contribution >= 4 is 23.1 Å². The van der Waals surface area contributed by atoms with Crippen LogP contribution in [0, 0.1) is 0 Å². The van der Waals surface area contributed by atoms with E-state index < -0.39 is 0 Å². The summed E-state index contributed by atoms with van der Waals surface area (Å²) < 4.78 is 0. The van der Waals surface area contributed by atoms with Crippen LogP contribution in [0.4, 0.5) is 0 Å². The minimum absolute atomic E-state index is 0.382. The van der Waals surface area contributed by atoms with Crippen molar-refractivity contribution in [1.82, 2.24) is 0 Å². The Morgan fingerprint density at radius 2 is 2.07 bits per heavy atom. The fraction of sp³-hybridized carbons (Fsp3) is 0.167. The van der Waals surface area contributed by atoms with Gasteiger partial charge in [-0.3, -0.25) is 0 Å². The zero-order valence-corrected chi connectivity index (χ0v) is 9.85. The molecule has 15 heavy (non-hydrogen) atoms. The number of aromatic hydroxyl groups is 1. The third-order valence-corrected chi connectivity index (χ3v) is 3.89. The molecule has 0 aliphatic carbocycles. The molecule has 0 bridgehead atoms. The summed E-state index contributed by atoms with van der Waals surface area (Å²) >= 11 is 3.43. The number of para-hydroxylation sites is 1. The zero-order valence-electron chi connectivity index (χ0n) is 8.22. The van der Waals surface area contributed by atoms with Crippen LogP contribution in [0.15, 0.2) is 46.0 Å². The maximum Gasteiger partial charge on any atom is 0.129 e.